The second-order valence-corrected chi connectivity index (χ2v) is 8.47. The summed E-state index contributed by atoms with van der Waals surface area (Å²) >= 11 is 0. The largest absolute Gasteiger partial charge is 0.507 e. The molecule has 0 unspecified atom stereocenters. The van der Waals surface area contributed by atoms with E-state index in [4.69, 9.17) is 10.3 Å². The first-order valence-corrected chi connectivity index (χ1v) is 10.4. The third-order valence-electron chi connectivity index (χ3n) is 3.77. The summed E-state index contributed by atoms with van der Waals surface area (Å²) in [7, 11) is -9.11. The van der Waals surface area contributed by atoms with Gasteiger partial charge in [-0.15, -0.1) is 10.2 Å². The summed E-state index contributed by atoms with van der Waals surface area (Å²) in [6, 6.07) is 10.00. The van der Waals surface area contributed by atoms with Gasteiger partial charge < -0.3 is 10.8 Å². The number of azo groups is 1. The van der Waals surface area contributed by atoms with E-state index >= 15 is 0 Å². The Bertz CT molecular complexity index is 1330. The molecular weight excluding hydrogens is 410 g/mol. The molecule has 3 rings (SSSR count). The van der Waals surface area contributed by atoms with E-state index in [1.54, 1.807) is 0 Å². The zero-order chi connectivity index (χ0) is 20.7. The maximum Gasteiger partial charge on any atom is 0.296 e. The number of nitrogens with two attached hydrogens (primary N) is 1. The molecule has 3 aromatic rings. The second-order valence-electron chi connectivity index (χ2n) is 5.66. The highest BCUT2D eigenvalue weighted by Gasteiger charge is 2.18. The molecule has 3 aromatic carbocycles. The van der Waals surface area contributed by atoms with Gasteiger partial charge in [0.15, 0.2) is 0 Å². The molecule has 0 aliphatic carbocycles. The Morgan fingerprint density at radius 3 is 2.18 bits per heavy atom. The van der Waals surface area contributed by atoms with E-state index < -0.39 is 35.8 Å². The molecule has 0 saturated heterocycles. The van der Waals surface area contributed by atoms with Crippen LogP contribution < -0.4 is 5.73 Å². The summed E-state index contributed by atoms with van der Waals surface area (Å²) in [5.41, 5.74) is 5.71. The maximum absolute atomic E-state index is 11.4. The van der Waals surface area contributed by atoms with Gasteiger partial charge in [-0.3, -0.25) is 9.11 Å². The fourth-order valence-electron chi connectivity index (χ4n) is 2.53. The van der Waals surface area contributed by atoms with E-state index in [1.807, 2.05) is 0 Å². The predicted octanol–water partition coefficient (Wildman–Crippen LogP) is 3.04. The number of rotatable bonds is 4. The van der Waals surface area contributed by atoms with Crippen LogP contribution in [-0.2, 0) is 20.2 Å². The van der Waals surface area contributed by atoms with Crippen LogP contribution in [0.3, 0.4) is 0 Å². The minimum atomic E-state index is -4.56. The molecule has 28 heavy (non-hydrogen) atoms. The Morgan fingerprint density at radius 2 is 1.54 bits per heavy atom. The number of anilines is 1. The molecule has 0 saturated carbocycles. The SMILES string of the molecule is Nc1ccc2cc(S(=O)(=O)O)cc(O)c2c1N=Nc1ccccc1S(=O)(=O)O. The monoisotopic (exact) mass is 423 g/mol. The number of nitrogens with zero attached hydrogens (tertiary/aromatic N) is 2. The van der Waals surface area contributed by atoms with Gasteiger partial charge in [0.2, 0.25) is 0 Å². The van der Waals surface area contributed by atoms with E-state index in [1.165, 1.54) is 30.3 Å². The average molecular weight is 423 g/mol. The molecule has 12 heteroatoms. The number of hydrogen-bond donors (Lipinski definition) is 4. The van der Waals surface area contributed by atoms with Gasteiger partial charge in [0, 0.05) is 6.07 Å². The minimum absolute atomic E-state index is 0.0421. The maximum atomic E-state index is 11.4. The fraction of sp³-hybridized carbons (Fsp3) is 0. The van der Waals surface area contributed by atoms with Crippen molar-refractivity contribution in [2.75, 3.05) is 5.73 Å². The highest BCUT2D eigenvalue weighted by atomic mass is 32.2. The smallest absolute Gasteiger partial charge is 0.296 e. The summed E-state index contributed by atoms with van der Waals surface area (Å²) in [5, 5.41) is 18.1. The van der Waals surface area contributed by atoms with E-state index in [0.29, 0.717) is 0 Å². The van der Waals surface area contributed by atoms with Gasteiger partial charge in [-0.2, -0.15) is 16.8 Å². The Balaban J connectivity index is 2.23. The fourth-order valence-corrected chi connectivity index (χ4v) is 3.69. The van der Waals surface area contributed by atoms with Gasteiger partial charge in [-0.25, -0.2) is 0 Å². The topological polar surface area (TPSA) is 180 Å². The highest BCUT2D eigenvalue weighted by Crippen LogP contribution is 2.40. The van der Waals surface area contributed by atoms with Crippen LogP contribution in [-0.4, -0.2) is 31.0 Å². The summed E-state index contributed by atoms with van der Waals surface area (Å²) in [6.45, 7) is 0. The molecule has 0 bridgehead atoms. The van der Waals surface area contributed by atoms with Crippen molar-refractivity contribution >= 4 is 48.1 Å². The molecule has 0 heterocycles. The third-order valence-corrected chi connectivity index (χ3v) is 5.51. The molecule has 5 N–H and O–H groups in total. The summed E-state index contributed by atoms with van der Waals surface area (Å²) in [5.74, 6) is -0.533. The number of phenols is 1. The van der Waals surface area contributed by atoms with Crippen molar-refractivity contribution in [3.8, 4) is 5.75 Å². The van der Waals surface area contributed by atoms with E-state index in [-0.39, 0.29) is 27.8 Å². The number of hydrogen-bond acceptors (Lipinski definition) is 8. The Kier molecular flexibility index (Phi) is 4.81. The molecule has 0 aliphatic heterocycles. The summed E-state index contributed by atoms with van der Waals surface area (Å²) in [4.78, 5) is -1.00. The van der Waals surface area contributed by atoms with Crippen molar-refractivity contribution in [3.63, 3.8) is 0 Å². The van der Waals surface area contributed by atoms with Crippen molar-refractivity contribution < 1.29 is 31.0 Å². The third kappa shape index (κ3) is 3.80. The quantitative estimate of drug-likeness (QED) is 0.281. The van der Waals surface area contributed by atoms with Crippen LogP contribution in [0.4, 0.5) is 17.1 Å². The van der Waals surface area contributed by atoms with E-state index in [2.05, 4.69) is 10.2 Å². The van der Waals surface area contributed by atoms with Crippen LogP contribution in [0.5, 0.6) is 5.75 Å². The molecule has 0 amide bonds. The van der Waals surface area contributed by atoms with Crippen LogP contribution in [0.25, 0.3) is 10.8 Å². The van der Waals surface area contributed by atoms with Crippen molar-refractivity contribution in [1.82, 2.24) is 0 Å². The van der Waals surface area contributed by atoms with Gasteiger partial charge in [0.05, 0.1) is 16.0 Å². The second kappa shape index (κ2) is 6.83. The lowest BCUT2D eigenvalue weighted by atomic mass is 10.1. The first kappa shape index (κ1) is 19.7. The van der Waals surface area contributed by atoms with Crippen molar-refractivity contribution in [2.45, 2.75) is 9.79 Å². The lowest BCUT2D eigenvalue weighted by molar-refractivity contribution is 0.471. The van der Waals surface area contributed by atoms with Crippen LogP contribution in [0.2, 0.25) is 0 Å². The van der Waals surface area contributed by atoms with Crippen LogP contribution in [0.15, 0.2) is 68.6 Å². The Labute approximate surface area is 159 Å². The van der Waals surface area contributed by atoms with Crippen molar-refractivity contribution in [3.05, 3.63) is 48.5 Å². The van der Waals surface area contributed by atoms with Gasteiger partial charge in [-0.1, -0.05) is 18.2 Å². The number of fused-ring (bicyclic) bond motifs is 1. The normalized spacial score (nSPS) is 12.6. The summed E-state index contributed by atoms with van der Waals surface area (Å²) in [6.07, 6.45) is 0. The first-order chi connectivity index (χ1) is 13.0. The highest BCUT2D eigenvalue weighted by molar-refractivity contribution is 7.86. The molecule has 10 nitrogen and oxygen atoms in total. The Morgan fingerprint density at radius 1 is 0.857 bits per heavy atom. The lowest BCUT2D eigenvalue weighted by Crippen LogP contribution is -1.98. The van der Waals surface area contributed by atoms with Gasteiger partial charge in [0.1, 0.15) is 22.0 Å². The molecule has 0 radical (unpaired) electrons. The molecule has 0 aromatic heterocycles. The predicted molar refractivity (Wildman–Crippen MR) is 100 cm³/mol. The van der Waals surface area contributed by atoms with E-state index in [9.17, 15) is 26.5 Å². The molecule has 0 atom stereocenters. The van der Waals surface area contributed by atoms with Gasteiger partial charge in [0.25, 0.3) is 20.2 Å². The number of nitrogen functional groups attached to an aromatic ring is 1. The molecule has 0 fully saturated rings. The zero-order valence-electron chi connectivity index (χ0n) is 13.9. The molecular formula is C16H13N3O7S2. The summed E-state index contributed by atoms with van der Waals surface area (Å²) < 4.78 is 64.0. The van der Waals surface area contributed by atoms with Crippen LogP contribution >= 0.6 is 0 Å². The van der Waals surface area contributed by atoms with Crippen molar-refractivity contribution in [1.29, 1.82) is 0 Å². The molecule has 0 aliphatic rings. The van der Waals surface area contributed by atoms with Gasteiger partial charge >= 0.3 is 0 Å². The first-order valence-electron chi connectivity index (χ1n) is 7.49. The lowest BCUT2D eigenvalue weighted by Gasteiger charge is -2.09. The van der Waals surface area contributed by atoms with Crippen molar-refractivity contribution in [2.24, 2.45) is 10.2 Å². The number of aromatic hydroxyl groups is 1. The average Bonchev–Trinajstić information content (AvgIpc) is 2.59. The zero-order valence-corrected chi connectivity index (χ0v) is 15.5. The number of benzene rings is 3. The van der Waals surface area contributed by atoms with Crippen LogP contribution in [0.1, 0.15) is 0 Å². The standard InChI is InChI=1S/C16H13N3O7S2/c17-11-6-5-9-7-10(27(21,22)23)8-13(20)15(9)16(11)19-18-12-3-1-2-4-14(12)28(24,25)26/h1-8,20H,17H2,(H,21,22,23)(H,24,25,26). The minimum Gasteiger partial charge on any atom is -0.507 e. The van der Waals surface area contributed by atoms with Gasteiger partial charge in [-0.05, 0) is 29.7 Å². The molecule has 146 valence electrons. The molecule has 0 spiro atoms. The van der Waals surface area contributed by atoms with E-state index in [0.717, 1.165) is 18.2 Å². The Hall–Kier alpha value is -3.06. The van der Waals surface area contributed by atoms with Crippen LogP contribution in [0, 0.1) is 0 Å². The number of phenolic OH excluding ortho intramolecular Hbond substituents is 1.